The molecule has 0 spiro atoms. The topological polar surface area (TPSA) is 35.2 Å². The maximum Gasteiger partial charge on any atom is 0.0991 e. The van der Waals surface area contributed by atoms with Crippen molar-refractivity contribution in [3.8, 4) is 22.9 Å². The molecule has 0 atom stereocenters. The van der Waals surface area contributed by atoms with Gasteiger partial charge in [-0.25, -0.2) is 0 Å². The number of hydrogen-bond acceptors (Lipinski definition) is 3. The fraction of sp³-hybridized carbons (Fsp3) is 0.0172. The summed E-state index contributed by atoms with van der Waals surface area (Å²) in [5.74, 6) is 0. The standard InChI is InChI=1S/C58H40N4/c1-40-19-26-48(27-20-40)61(49-32-23-42-11-5-6-12-44(42)37-49)57-36-34-51(52-15-7-8-16-53(52)57)43-24-30-47(31-25-43)60(46-28-21-41(39-59)22-29-46)50-33-35-58-55(38-50)54-17-9-10-18-56(54)62(58)45-13-3-2-4-14-45/h2-38H,1H3. The van der Waals surface area contributed by atoms with Gasteiger partial charge >= 0.3 is 0 Å². The van der Waals surface area contributed by atoms with Crippen molar-refractivity contribution in [2.24, 2.45) is 0 Å². The predicted octanol–water partition coefficient (Wildman–Crippen LogP) is 15.9. The number of rotatable bonds is 8. The van der Waals surface area contributed by atoms with Gasteiger partial charge in [0, 0.05) is 50.3 Å². The normalized spacial score (nSPS) is 11.3. The first kappa shape index (κ1) is 36.7. The first-order valence-corrected chi connectivity index (χ1v) is 21.0. The first-order chi connectivity index (χ1) is 30.6. The van der Waals surface area contributed by atoms with E-state index in [1.807, 2.05) is 24.3 Å². The molecule has 0 unspecified atom stereocenters. The number of aryl methyl sites for hydroxylation is 1. The van der Waals surface area contributed by atoms with E-state index in [4.69, 9.17) is 0 Å². The smallest absolute Gasteiger partial charge is 0.0991 e. The Labute approximate surface area is 361 Å². The van der Waals surface area contributed by atoms with Crippen LogP contribution >= 0.6 is 0 Å². The Morgan fingerprint density at radius 1 is 0.403 bits per heavy atom. The average Bonchev–Trinajstić information content (AvgIpc) is 3.67. The van der Waals surface area contributed by atoms with Gasteiger partial charge in [-0.2, -0.15) is 5.26 Å². The van der Waals surface area contributed by atoms with Crippen LogP contribution in [0.5, 0.6) is 0 Å². The highest BCUT2D eigenvalue weighted by Crippen LogP contribution is 2.44. The third-order valence-corrected chi connectivity index (χ3v) is 12.0. The van der Waals surface area contributed by atoms with Gasteiger partial charge in [0.25, 0.3) is 0 Å². The lowest BCUT2D eigenvalue weighted by Crippen LogP contribution is -2.11. The minimum atomic E-state index is 0.627. The number of nitrogens with zero attached hydrogens (tertiary/aromatic N) is 4. The minimum Gasteiger partial charge on any atom is -0.310 e. The molecule has 0 bridgehead atoms. The fourth-order valence-corrected chi connectivity index (χ4v) is 9.04. The molecule has 1 heterocycles. The van der Waals surface area contributed by atoms with Gasteiger partial charge in [0.1, 0.15) is 0 Å². The van der Waals surface area contributed by atoms with Crippen LogP contribution in [0, 0.1) is 18.3 Å². The molecule has 11 rings (SSSR count). The summed E-state index contributed by atoms with van der Waals surface area (Å²) >= 11 is 0. The Morgan fingerprint density at radius 2 is 0.968 bits per heavy atom. The third kappa shape index (κ3) is 6.41. The molecule has 0 N–H and O–H groups in total. The van der Waals surface area contributed by atoms with Gasteiger partial charge in [0.15, 0.2) is 0 Å². The molecule has 0 saturated heterocycles. The van der Waals surface area contributed by atoms with E-state index < -0.39 is 0 Å². The molecule has 292 valence electrons. The van der Waals surface area contributed by atoms with Crippen LogP contribution in [-0.4, -0.2) is 4.57 Å². The zero-order valence-electron chi connectivity index (χ0n) is 34.2. The Hall–Kier alpha value is -8.39. The van der Waals surface area contributed by atoms with Crippen LogP contribution in [0.1, 0.15) is 11.1 Å². The van der Waals surface area contributed by atoms with E-state index in [0.717, 1.165) is 56.4 Å². The van der Waals surface area contributed by atoms with E-state index in [1.54, 1.807) is 0 Å². The molecule has 62 heavy (non-hydrogen) atoms. The zero-order valence-corrected chi connectivity index (χ0v) is 34.2. The Morgan fingerprint density at radius 3 is 1.73 bits per heavy atom. The lowest BCUT2D eigenvalue weighted by molar-refractivity contribution is 1.18. The second-order valence-electron chi connectivity index (χ2n) is 15.8. The van der Waals surface area contributed by atoms with E-state index in [0.29, 0.717) is 5.56 Å². The number of para-hydroxylation sites is 2. The molecule has 4 nitrogen and oxygen atoms in total. The molecule has 0 radical (unpaired) electrons. The summed E-state index contributed by atoms with van der Waals surface area (Å²) in [5.41, 5.74) is 14.0. The van der Waals surface area contributed by atoms with Crippen LogP contribution in [-0.2, 0) is 0 Å². The molecule has 0 fully saturated rings. The van der Waals surface area contributed by atoms with Gasteiger partial charge in [0.05, 0.1) is 28.4 Å². The molecule has 0 aliphatic rings. The Bertz CT molecular complexity index is 3470. The van der Waals surface area contributed by atoms with Crippen LogP contribution in [0.25, 0.3) is 60.2 Å². The molecule has 0 amide bonds. The third-order valence-electron chi connectivity index (χ3n) is 12.0. The Balaban J connectivity index is 1.02. The van der Waals surface area contributed by atoms with E-state index in [9.17, 15) is 5.26 Å². The lowest BCUT2D eigenvalue weighted by atomic mass is 9.96. The van der Waals surface area contributed by atoms with E-state index in [2.05, 4.69) is 228 Å². The summed E-state index contributed by atoms with van der Waals surface area (Å²) < 4.78 is 2.34. The van der Waals surface area contributed by atoms with Gasteiger partial charge in [-0.15, -0.1) is 0 Å². The van der Waals surface area contributed by atoms with Crippen LogP contribution in [0.15, 0.2) is 224 Å². The summed E-state index contributed by atoms with van der Waals surface area (Å²) in [6.07, 6.45) is 0. The van der Waals surface area contributed by atoms with Crippen molar-refractivity contribution < 1.29 is 0 Å². The van der Waals surface area contributed by atoms with Gasteiger partial charge in [-0.05, 0) is 137 Å². The summed E-state index contributed by atoms with van der Waals surface area (Å²) in [5, 5.41) is 16.8. The van der Waals surface area contributed by atoms with Gasteiger partial charge < -0.3 is 14.4 Å². The number of hydrogen-bond donors (Lipinski definition) is 0. The average molecular weight is 793 g/mol. The molecule has 10 aromatic carbocycles. The second-order valence-corrected chi connectivity index (χ2v) is 15.8. The van der Waals surface area contributed by atoms with Gasteiger partial charge in [-0.3, -0.25) is 0 Å². The summed E-state index contributed by atoms with van der Waals surface area (Å²) in [6.45, 7) is 2.13. The maximum atomic E-state index is 9.67. The highest BCUT2D eigenvalue weighted by Gasteiger charge is 2.20. The first-order valence-electron chi connectivity index (χ1n) is 21.0. The molecule has 4 heteroatoms. The fourth-order valence-electron chi connectivity index (χ4n) is 9.04. The zero-order chi connectivity index (χ0) is 41.6. The van der Waals surface area contributed by atoms with Crippen molar-refractivity contribution in [2.45, 2.75) is 6.92 Å². The van der Waals surface area contributed by atoms with Crippen molar-refractivity contribution in [1.29, 1.82) is 5.26 Å². The lowest BCUT2D eigenvalue weighted by Gasteiger charge is -2.28. The van der Waals surface area contributed by atoms with E-state index in [-0.39, 0.29) is 0 Å². The van der Waals surface area contributed by atoms with Crippen LogP contribution in [0.2, 0.25) is 0 Å². The number of aromatic nitrogens is 1. The maximum absolute atomic E-state index is 9.67. The number of fused-ring (bicyclic) bond motifs is 5. The van der Waals surface area contributed by atoms with Crippen molar-refractivity contribution in [2.75, 3.05) is 9.80 Å². The highest BCUT2D eigenvalue weighted by molar-refractivity contribution is 6.11. The van der Waals surface area contributed by atoms with Gasteiger partial charge in [-0.1, -0.05) is 127 Å². The minimum absolute atomic E-state index is 0.627. The van der Waals surface area contributed by atoms with Crippen molar-refractivity contribution in [1.82, 2.24) is 4.57 Å². The van der Waals surface area contributed by atoms with Gasteiger partial charge in [0.2, 0.25) is 0 Å². The molecule has 11 aromatic rings. The van der Waals surface area contributed by atoms with E-state index >= 15 is 0 Å². The van der Waals surface area contributed by atoms with E-state index in [1.165, 1.54) is 43.4 Å². The number of nitriles is 1. The largest absolute Gasteiger partial charge is 0.310 e. The quantitative estimate of drug-likeness (QED) is 0.154. The monoisotopic (exact) mass is 792 g/mol. The predicted molar refractivity (Wildman–Crippen MR) is 260 cm³/mol. The molecule has 0 aliphatic carbocycles. The second kappa shape index (κ2) is 15.3. The van der Waals surface area contributed by atoms with Crippen LogP contribution in [0.3, 0.4) is 0 Å². The van der Waals surface area contributed by atoms with Crippen LogP contribution in [0.4, 0.5) is 34.1 Å². The summed E-state index contributed by atoms with van der Waals surface area (Å²) in [7, 11) is 0. The summed E-state index contributed by atoms with van der Waals surface area (Å²) in [4.78, 5) is 4.66. The van der Waals surface area contributed by atoms with Crippen molar-refractivity contribution in [3.05, 3.63) is 236 Å². The number of anilines is 6. The van der Waals surface area contributed by atoms with Crippen molar-refractivity contribution >= 4 is 77.5 Å². The summed E-state index contributed by atoms with van der Waals surface area (Å²) in [6, 6.07) is 82.3. The SMILES string of the molecule is Cc1ccc(N(c2ccc3ccccc3c2)c2ccc(-c3ccc(N(c4ccc(C#N)cc4)c4ccc5c(c4)c4ccccc4n5-c4ccccc4)cc3)c3ccccc23)cc1. The molecular formula is C58H40N4. The Kier molecular flexibility index (Phi) is 9.07. The molecule has 0 aliphatic heterocycles. The highest BCUT2D eigenvalue weighted by atomic mass is 15.1. The molecule has 0 saturated carbocycles. The molecule has 1 aromatic heterocycles. The van der Waals surface area contributed by atoms with Crippen molar-refractivity contribution in [3.63, 3.8) is 0 Å². The number of benzene rings is 10. The molecular weight excluding hydrogens is 753 g/mol. The van der Waals surface area contributed by atoms with Crippen LogP contribution < -0.4 is 9.80 Å².